The maximum atomic E-state index is 12.8. The summed E-state index contributed by atoms with van der Waals surface area (Å²) in [5.74, 6) is -2.10. The second-order valence-corrected chi connectivity index (χ2v) is 9.26. The fourth-order valence-electron chi connectivity index (χ4n) is 3.40. The molecule has 4 rings (SSSR count). The van der Waals surface area contributed by atoms with Gasteiger partial charge in [0, 0.05) is 11.0 Å². The van der Waals surface area contributed by atoms with Gasteiger partial charge in [0.1, 0.15) is 17.1 Å². The summed E-state index contributed by atoms with van der Waals surface area (Å²) in [5.41, 5.74) is 0.873. The first-order valence-electron chi connectivity index (χ1n) is 9.23. The number of aliphatic hydroxyl groups excluding tert-OH is 1. The van der Waals surface area contributed by atoms with E-state index >= 15 is 0 Å². The SMILES string of the molecule is CC(Sc1nn[nH]n1)C1=C(C(=O)O)N2C(=O)C(NC(=O)[C@H](O)c3ccccc3)[C@H]2SC1. The van der Waals surface area contributed by atoms with Crippen molar-refractivity contribution in [3.63, 3.8) is 0 Å². The number of carboxylic acids is 1. The normalized spacial score (nSPS) is 22.4. The van der Waals surface area contributed by atoms with Gasteiger partial charge in [-0.2, -0.15) is 5.21 Å². The largest absolute Gasteiger partial charge is 0.477 e. The molecule has 2 amide bonds. The maximum Gasteiger partial charge on any atom is 0.352 e. The number of nitrogens with zero attached hydrogens (tertiary/aromatic N) is 4. The zero-order valence-electron chi connectivity index (χ0n) is 16.1. The zero-order valence-corrected chi connectivity index (χ0v) is 17.8. The number of aromatic nitrogens is 4. The van der Waals surface area contributed by atoms with Gasteiger partial charge in [0.2, 0.25) is 5.16 Å². The Morgan fingerprint density at radius 2 is 2.10 bits per heavy atom. The molecule has 0 spiro atoms. The molecule has 4 N–H and O–H groups in total. The number of β-lactam (4-membered cyclic amide) rings is 1. The number of nitrogens with one attached hydrogen (secondary N) is 2. The van der Waals surface area contributed by atoms with Crippen LogP contribution in [0, 0.1) is 0 Å². The molecule has 0 radical (unpaired) electrons. The van der Waals surface area contributed by atoms with Gasteiger partial charge in [0.25, 0.3) is 11.8 Å². The Morgan fingerprint density at radius 1 is 1.35 bits per heavy atom. The lowest BCUT2D eigenvalue weighted by Gasteiger charge is -2.50. The molecule has 1 saturated heterocycles. The van der Waals surface area contributed by atoms with Crippen LogP contribution in [0.5, 0.6) is 0 Å². The molecule has 3 heterocycles. The number of benzene rings is 1. The summed E-state index contributed by atoms with van der Waals surface area (Å²) in [6.07, 6.45) is -1.42. The predicted molar refractivity (Wildman–Crippen MR) is 111 cm³/mol. The van der Waals surface area contributed by atoms with Crippen LogP contribution >= 0.6 is 23.5 Å². The van der Waals surface area contributed by atoms with E-state index in [9.17, 15) is 24.6 Å². The molecule has 4 atom stereocenters. The molecule has 0 saturated carbocycles. The van der Waals surface area contributed by atoms with Crippen molar-refractivity contribution in [2.24, 2.45) is 0 Å². The van der Waals surface area contributed by atoms with Crippen LogP contribution in [-0.2, 0) is 14.4 Å². The Bertz CT molecular complexity index is 1030. The first-order chi connectivity index (χ1) is 14.9. The van der Waals surface area contributed by atoms with E-state index in [1.165, 1.54) is 28.4 Å². The highest BCUT2D eigenvalue weighted by Gasteiger charge is 2.54. The molecule has 1 fully saturated rings. The van der Waals surface area contributed by atoms with Gasteiger partial charge in [0.15, 0.2) is 6.10 Å². The van der Waals surface area contributed by atoms with E-state index in [1.54, 1.807) is 37.3 Å². The molecule has 2 aromatic rings. The Balaban J connectivity index is 1.49. The van der Waals surface area contributed by atoms with Crippen LogP contribution in [0.3, 0.4) is 0 Å². The number of tetrazole rings is 1. The number of hydrogen-bond acceptors (Lipinski definition) is 9. The second-order valence-electron chi connectivity index (χ2n) is 6.84. The van der Waals surface area contributed by atoms with Gasteiger partial charge in [-0.15, -0.1) is 22.0 Å². The van der Waals surface area contributed by atoms with Crippen molar-refractivity contribution in [2.75, 3.05) is 5.75 Å². The van der Waals surface area contributed by atoms with Gasteiger partial charge in [-0.3, -0.25) is 14.5 Å². The van der Waals surface area contributed by atoms with Crippen LogP contribution in [0.2, 0.25) is 0 Å². The van der Waals surface area contributed by atoms with Gasteiger partial charge in [-0.05, 0) is 23.3 Å². The van der Waals surface area contributed by atoms with Crippen LogP contribution in [0.4, 0.5) is 0 Å². The molecule has 2 aliphatic rings. The summed E-state index contributed by atoms with van der Waals surface area (Å²) in [6.45, 7) is 1.81. The van der Waals surface area contributed by atoms with Crippen LogP contribution in [0.15, 0.2) is 46.8 Å². The minimum absolute atomic E-state index is 0.0913. The van der Waals surface area contributed by atoms with Gasteiger partial charge < -0.3 is 15.5 Å². The second kappa shape index (κ2) is 8.69. The van der Waals surface area contributed by atoms with E-state index in [2.05, 4.69) is 25.9 Å². The highest BCUT2D eigenvalue weighted by molar-refractivity contribution is 8.01. The minimum atomic E-state index is -1.42. The molecule has 11 nitrogen and oxygen atoms in total. The summed E-state index contributed by atoms with van der Waals surface area (Å²) in [5, 5.41) is 35.6. The van der Waals surface area contributed by atoms with E-state index in [1.807, 2.05) is 0 Å². The smallest absolute Gasteiger partial charge is 0.352 e. The topological polar surface area (TPSA) is 161 Å². The predicted octanol–water partition coefficient (Wildman–Crippen LogP) is 0.153. The number of carbonyl (C=O) groups excluding carboxylic acids is 2. The number of aliphatic hydroxyl groups is 1. The molecule has 2 unspecified atom stereocenters. The fourth-order valence-corrected chi connectivity index (χ4v) is 5.82. The first-order valence-corrected chi connectivity index (χ1v) is 11.2. The van der Waals surface area contributed by atoms with Crippen LogP contribution in [0.25, 0.3) is 0 Å². The summed E-state index contributed by atoms with van der Waals surface area (Å²) in [6, 6.07) is 7.45. The Morgan fingerprint density at radius 3 is 2.74 bits per heavy atom. The Labute approximate surface area is 184 Å². The summed E-state index contributed by atoms with van der Waals surface area (Å²) >= 11 is 2.58. The molecule has 2 aliphatic heterocycles. The molecule has 0 aliphatic carbocycles. The van der Waals surface area contributed by atoms with E-state index in [0.29, 0.717) is 22.0 Å². The molecule has 13 heteroatoms. The van der Waals surface area contributed by atoms with Crippen molar-refractivity contribution in [3.05, 3.63) is 47.2 Å². The molecular formula is C18H18N6O5S2. The quantitative estimate of drug-likeness (QED) is 0.329. The van der Waals surface area contributed by atoms with E-state index < -0.39 is 35.3 Å². The fraction of sp³-hybridized carbons (Fsp3) is 0.333. The molecule has 1 aromatic carbocycles. The number of aliphatic carboxylic acids is 1. The molecule has 1 aromatic heterocycles. The Kier molecular flexibility index (Phi) is 5.98. The van der Waals surface area contributed by atoms with Crippen LogP contribution < -0.4 is 5.32 Å². The number of carbonyl (C=O) groups is 3. The zero-order chi connectivity index (χ0) is 22.1. The third-order valence-electron chi connectivity index (χ3n) is 4.96. The lowest BCUT2D eigenvalue weighted by atomic mass is 10.0. The molecular weight excluding hydrogens is 444 g/mol. The van der Waals surface area contributed by atoms with Crippen molar-refractivity contribution < 1.29 is 24.6 Å². The highest BCUT2D eigenvalue weighted by atomic mass is 32.2. The maximum absolute atomic E-state index is 12.8. The number of thioether (sulfide) groups is 2. The molecule has 162 valence electrons. The van der Waals surface area contributed by atoms with Crippen molar-refractivity contribution >= 4 is 41.3 Å². The van der Waals surface area contributed by atoms with Crippen molar-refractivity contribution in [3.8, 4) is 0 Å². The van der Waals surface area contributed by atoms with Crippen molar-refractivity contribution in [2.45, 2.75) is 34.8 Å². The number of amides is 2. The number of hydrogen-bond donors (Lipinski definition) is 4. The summed E-state index contributed by atoms with van der Waals surface area (Å²) in [7, 11) is 0. The average molecular weight is 463 g/mol. The number of H-pyrrole nitrogens is 1. The van der Waals surface area contributed by atoms with Gasteiger partial charge >= 0.3 is 5.97 Å². The van der Waals surface area contributed by atoms with Gasteiger partial charge in [0.05, 0.1) is 0 Å². The van der Waals surface area contributed by atoms with E-state index in [4.69, 9.17) is 0 Å². The first kappa shape index (κ1) is 21.3. The number of fused-ring (bicyclic) bond motifs is 1. The molecule has 0 bridgehead atoms. The van der Waals surface area contributed by atoms with Gasteiger partial charge in [-0.1, -0.05) is 42.1 Å². The highest BCUT2D eigenvalue weighted by Crippen LogP contribution is 2.43. The number of aromatic amines is 1. The van der Waals surface area contributed by atoms with E-state index in [0.717, 1.165) is 0 Å². The lowest BCUT2D eigenvalue weighted by Crippen LogP contribution is -2.71. The average Bonchev–Trinajstić information content (AvgIpc) is 3.29. The van der Waals surface area contributed by atoms with Crippen LogP contribution in [0.1, 0.15) is 18.6 Å². The minimum Gasteiger partial charge on any atom is -0.477 e. The van der Waals surface area contributed by atoms with Crippen LogP contribution in [-0.4, -0.2) is 75.9 Å². The Hall–Kier alpha value is -2.90. The number of carboxylic acid groups (broad SMARTS) is 1. The summed E-state index contributed by atoms with van der Waals surface area (Å²) < 4.78 is 0. The van der Waals surface area contributed by atoms with E-state index in [-0.39, 0.29) is 10.9 Å². The molecule has 31 heavy (non-hydrogen) atoms. The summed E-state index contributed by atoms with van der Waals surface area (Å²) in [4.78, 5) is 38.4. The van der Waals surface area contributed by atoms with Gasteiger partial charge in [-0.25, -0.2) is 4.79 Å². The monoisotopic (exact) mass is 462 g/mol. The third-order valence-corrected chi connectivity index (χ3v) is 7.28. The standard InChI is InChI=1S/C18H18N6O5S2/c1-8(31-18-20-22-23-21-18)10-7-30-16-11(15(27)24(16)12(10)17(28)29)19-14(26)13(25)9-5-3-2-4-6-9/h2-6,8,11,13,16,25H,7H2,1H3,(H,19,26)(H,28,29)(H,20,21,22,23)/t8?,11?,13-,16-/m1/s1. The number of rotatable bonds is 7. The third kappa shape index (κ3) is 4.03. The lowest BCUT2D eigenvalue weighted by molar-refractivity contribution is -0.151. The van der Waals surface area contributed by atoms with Crippen molar-refractivity contribution in [1.82, 2.24) is 30.8 Å². The van der Waals surface area contributed by atoms with Crippen molar-refractivity contribution in [1.29, 1.82) is 0 Å².